The molecule has 0 bridgehead atoms. The predicted molar refractivity (Wildman–Crippen MR) is 80.5 cm³/mol. The average Bonchev–Trinajstić information content (AvgIpc) is 2.47. The maximum atomic E-state index is 13.6. The van der Waals surface area contributed by atoms with Gasteiger partial charge in [0, 0.05) is 6.07 Å². The Hall–Kier alpha value is -2.23. The van der Waals surface area contributed by atoms with Crippen LogP contribution in [0.3, 0.4) is 0 Å². The van der Waals surface area contributed by atoms with Crippen molar-refractivity contribution in [2.75, 3.05) is 6.61 Å². The third kappa shape index (κ3) is 3.50. The molecule has 0 fully saturated rings. The van der Waals surface area contributed by atoms with E-state index in [1.807, 2.05) is 30.3 Å². The van der Waals surface area contributed by atoms with Crippen molar-refractivity contribution < 1.29 is 18.3 Å². The maximum absolute atomic E-state index is 13.6. The van der Waals surface area contributed by atoms with Gasteiger partial charge < -0.3 is 4.74 Å². The highest BCUT2D eigenvalue weighted by Gasteiger charge is 2.37. The van der Waals surface area contributed by atoms with E-state index in [1.165, 1.54) is 12.1 Å². The van der Waals surface area contributed by atoms with Crippen LogP contribution in [-0.4, -0.2) is 12.6 Å². The van der Waals surface area contributed by atoms with Gasteiger partial charge in [0.05, 0.1) is 12.0 Å². The van der Waals surface area contributed by atoms with E-state index in [4.69, 9.17) is 4.74 Å². The van der Waals surface area contributed by atoms with Gasteiger partial charge in [0.25, 0.3) is 0 Å². The first-order chi connectivity index (χ1) is 10.5. The van der Waals surface area contributed by atoms with E-state index in [1.54, 1.807) is 13.8 Å². The van der Waals surface area contributed by atoms with Crippen LogP contribution in [0.2, 0.25) is 0 Å². The normalized spacial score (nSPS) is 13.5. The summed E-state index contributed by atoms with van der Waals surface area (Å²) in [5.41, 5.74) is 0.00958. The Balaban J connectivity index is 2.47. The Morgan fingerprint density at radius 2 is 1.68 bits per heavy atom. The summed E-state index contributed by atoms with van der Waals surface area (Å²) in [6.45, 7) is 3.56. The lowest BCUT2D eigenvalue weighted by molar-refractivity contribution is -0.149. The molecule has 22 heavy (non-hydrogen) atoms. The summed E-state index contributed by atoms with van der Waals surface area (Å²) in [6, 6.07) is 12.5. The van der Waals surface area contributed by atoms with E-state index in [9.17, 15) is 13.6 Å². The number of rotatable bonds is 5. The van der Waals surface area contributed by atoms with Gasteiger partial charge in [0.2, 0.25) is 0 Å². The van der Waals surface area contributed by atoms with E-state index in [2.05, 4.69) is 0 Å². The number of carbonyl (C=O) groups excluding carboxylic acids is 1. The second-order valence-corrected chi connectivity index (χ2v) is 5.37. The molecule has 2 aromatic rings. The molecule has 0 amide bonds. The van der Waals surface area contributed by atoms with Crippen molar-refractivity contribution in [3.63, 3.8) is 0 Å². The van der Waals surface area contributed by atoms with Gasteiger partial charge in [0.1, 0.15) is 11.6 Å². The highest BCUT2D eigenvalue weighted by atomic mass is 19.1. The summed E-state index contributed by atoms with van der Waals surface area (Å²) in [6.07, 6.45) is 0.301. The van der Waals surface area contributed by atoms with Gasteiger partial charge in [-0.3, -0.25) is 4.79 Å². The van der Waals surface area contributed by atoms with Crippen LogP contribution in [0.15, 0.2) is 48.5 Å². The molecule has 0 aliphatic rings. The van der Waals surface area contributed by atoms with Crippen molar-refractivity contribution in [2.24, 2.45) is 0 Å². The first kappa shape index (κ1) is 16.1. The lowest BCUT2D eigenvalue weighted by Crippen LogP contribution is -2.37. The zero-order valence-corrected chi connectivity index (χ0v) is 12.6. The molecule has 2 rings (SSSR count). The Morgan fingerprint density at radius 1 is 1.09 bits per heavy atom. The molecule has 0 radical (unpaired) electrons. The van der Waals surface area contributed by atoms with E-state index in [0.717, 1.165) is 11.6 Å². The van der Waals surface area contributed by atoms with Gasteiger partial charge in [-0.2, -0.15) is 0 Å². The average molecular weight is 304 g/mol. The number of benzene rings is 2. The minimum atomic E-state index is -1.15. The highest BCUT2D eigenvalue weighted by molar-refractivity contribution is 5.83. The minimum Gasteiger partial charge on any atom is -0.465 e. The number of halogens is 2. The third-order valence-electron chi connectivity index (χ3n) is 3.63. The number of hydrogen-bond donors (Lipinski definition) is 0. The molecule has 0 spiro atoms. The zero-order valence-electron chi connectivity index (χ0n) is 12.6. The second-order valence-electron chi connectivity index (χ2n) is 5.37. The largest absolute Gasteiger partial charge is 0.465 e. The van der Waals surface area contributed by atoms with Crippen molar-refractivity contribution in [3.05, 3.63) is 71.3 Å². The lowest BCUT2D eigenvalue weighted by Gasteiger charge is -2.28. The van der Waals surface area contributed by atoms with Crippen LogP contribution >= 0.6 is 0 Å². The van der Waals surface area contributed by atoms with Crippen LogP contribution in [-0.2, 0) is 21.4 Å². The Bertz CT molecular complexity index is 635. The molecule has 0 heterocycles. The molecule has 116 valence electrons. The van der Waals surface area contributed by atoms with E-state index in [0.29, 0.717) is 6.42 Å². The number of ether oxygens (including phenoxy) is 1. The monoisotopic (exact) mass is 304 g/mol. The van der Waals surface area contributed by atoms with Gasteiger partial charge in [-0.25, -0.2) is 8.78 Å². The summed E-state index contributed by atoms with van der Waals surface area (Å²) in [5.74, 6) is -1.92. The van der Waals surface area contributed by atoms with Crippen LogP contribution < -0.4 is 0 Å². The quantitative estimate of drug-likeness (QED) is 0.780. The molecule has 1 atom stereocenters. The molecule has 0 aromatic heterocycles. The van der Waals surface area contributed by atoms with Crippen molar-refractivity contribution >= 4 is 5.97 Å². The van der Waals surface area contributed by atoms with Crippen LogP contribution in [0.25, 0.3) is 0 Å². The van der Waals surface area contributed by atoms with Crippen LogP contribution in [0.1, 0.15) is 25.0 Å². The first-order valence-electron chi connectivity index (χ1n) is 7.13. The van der Waals surface area contributed by atoms with Gasteiger partial charge in [-0.1, -0.05) is 30.3 Å². The molecular formula is C18H18F2O2. The molecule has 0 aliphatic heterocycles. The molecular weight excluding hydrogens is 286 g/mol. The summed E-state index contributed by atoms with van der Waals surface area (Å²) >= 11 is 0. The van der Waals surface area contributed by atoms with Gasteiger partial charge in [0.15, 0.2) is 0 Å². The lowest BCUT2D eigenvalue weighted by atomic mass is 9.77. The van der Waals surface area contributed by atoms with Crippen LogP contribution in [0.4, 0.5) is 8.78 Å². The summed E-state index contributed by atoms with van der Waals surface area (Å²) in [4.78, 5) is 12.4. The second kappa shape index (κ2) is 6.69. The fraction of sp³-hybridized carbons (Fsp3) is 0.278. The SMILES string of the molecule is CCOC(=O)C(C)(Cc1ccccc1)c1cc(F)cc(F)c1. The minimum absolute atomic E-state index is 0.209. The number of hydrogen-bond acceptors (Lipinski definition) is 2. The van der Waals surface area contributed by atoms with Crippen molar-refractivity contribution in [1.82, 2.24) is 0 Å². The topological polar surface area (TPSA) is 26.3 Å². The predicted octanol–water partition coefficient (Wildman–Crippen LogP) is 4.03. The first-order valence-corrected chi connectivity index (χ1v) is 7.13. The molecule has 0 N–H and O–H groups in total. The molecule has 4 heteroatoms. The Morgan fingerprint density at radius 3 is 2.23 bits per heavy atom. The summed E-state index contributed by atoms with van der Waals surface area (Å²) < 4.78 is 32.2. The number of esters is 1. The molecule has 1 unspecified atom stereocenters. The van der Waals surface area contributed by atoms with Gasteiger partial charge >= 0.3 is 5.97 Å². The maximum Gasteiger partial charge on any atom is 0.316 e. The zero-order chi connectivity index (χ0) is 16.2. The summed E-state index contributed by atoms with van der Waals surface area (Å²) in [5, 5.41) is 0. The molecule has 0 aliphatic carbocycles. The smallest absolute Gasteiger partial charge is 0.316 e. The van der Waals surface area contributed by atoms with Gasteiger partial charge in [-0.15, -0.1) is 0 Å². The standard InChI is InChI=1S/C18H18F2O2/c1-3-22-17(21)18(2,12-13-7-5-4-6-8-13)14-9-15(19)11-16(20)10-14/h4-11H,3,12H2,1-2H3. The van der Waals surface area contributed by atoms with Gasteiger partial charge in [-0.05, 0) is 43.5 Å². The fourth-order valence-electron chi connectivity index (χ4n) is 2.46. The molecule has 2 nitrogen and oxygen atoms in total. The van der Waals surface area contributed by atoms with E-state index >= 15 is 0 Å². The van der Waals surface area contributed by atoms with Crippen LogP contribution in [0.5, 0.6) is 0 Å². The Labute approximate surface area is 128 Å². The molecule has 2 aromatic carbocycles. The molecule has 0 saturated heterocycles. The van der Waals surface area contributed by atoms with Crippen LogP contribution in [0, 0.1) is 11.6 Å². The van der Waals surface area contributed by atoms with E-state index < -0.39 is 23.0 Å². The molecule has 0 saturated carbocycles. The number of carbonyl (C=O) groups is 1. The summed E-state index contributed by atoms with van der Waals surface area (Å²) in [7, 11) is 0. The van der Waals surface area contributed by atoms with Crippen molar-refractivity contribution in [1.29, 1.82) is 0 Å². The third-order valence-corrected chi connectivity index (χ3v) is 3.63. The highest BCUT2D eigenvalue weighted by Crippen LogP contribution is 2.31. The Kier molecular flexibility index (Phi) is 4.91. The van der Waals surface area contributed by atoms with Crippen molar-refractivity contribution in [2.45, 2.75) is 25.7 Å². The van der Waals surface area contributed by atoms with Crippen molar-refractivity contribution in [3.8, 4) is 0 Å². The van der Waals surface area contributed by atoms with E-state index in [-0.39, 0.29) is 12.2 Å². The fourth-order valence-corrected chi connectivity index (χ4v) is 2.46.